The van der Waals surface area contributed by atoms with Crippen LogP contribution < -0.4 is 5.32 Å². The number of nitrogens with one attached hydrogen (secondary N) is 1. The van der Waals surface area contributed by atoms with E-state index in [1.54, 1.807) is 0 Å². The molecule has 21 heavy (non-hydrogen) atoms. The topological polar surface area (TPSA) is 66.5 Å². The molecule has 0 radical (unpaired) electrons. The van der Waals surface area contributed by atoms with Crippen molar-refractivity contribution < 1.29 is 13.2 Å². The van der Waals surface area contributed by atoms with E-state index in [4.69, 9.17) is 0 Å². The van der Waals surface area contributed by atoms with E-state index in [-0.39, 0.29) is 18.9 Å². The van der Waals surface area contributed by atoms with E-state index >= 15 is 0 Å². The molecule has 0 aliphatic carbocycles. The molecular formula is C15H24N2O3S. The van der Waals surface area contributed by atoms with Gasteiger partial charge in [-0.3, -0.25) is 4.79 Å². The number of carbonyl (C=O) groups excluding carboxylic acids is 1. The zero-order valence-corrected chi connectivity index (χ0v) is 14.0. The molecule has 0 aliphatic rings. The number of rotatable bonds is 7. The maximum Gasteiger partial charge on any atom is 0.225 e. The van der Waals surface area contributed by atoms with Crippen molar-refractivity contribution in [3.05, 3.63) is 29.3 Å². The minimum Gasteiger partial charge on any atom is -0.326 e. The first-order chi connectivity index (χ1) is 9.74. The molecule has 1 amide bonds. The lowest BCUT2D eigenvalue weighted by Crippen LogP contribution is -2.33. The summed E-state index contributed by atoms with van der Waals surface area (Å²) in [6, 6.07) is 5.71. The van der Waals surface area contributed by atoms with Crippen LogP contribution in [0.4, 0.5) is 5.69 Å². The maximum atomic E-state index is 11.9. The van der Waals surface area contributed by atoms with Crippen LogP contribution in [0.3, 0.4) is 0 Å². The fourth-order valence-corrected chi connectivity index (χ4v) is 2.90. The Morgan fingerprint density at radius 2 is 1.86 bits per heavy atom. The molecule has 0 fully saturated rings. The number of aryl methyl sites for hydroxylation is 2. The van der Waals surface area contributed by atoms with Crippen LogP contribution in [0.25, 0.3) is 0 Å². The van der Waals surface area contributed by atoms with Crippen LogP contribution in [0, 0.1) is 13.8 Å². The molecule has 0 spiro atoms. The van der Waals surface area contributed by atoms with Crippen molar-refractivity contribution in [3.63, 3.8) is 0 Å². The Labute approximate surface area is 127 Å². The number of anilines is 1. The van der Waals surface area contributed by atoms with Crippen molar-refractivity contribution in [2.75, 3.05) is 24.7 Å². The highest BCUT2D eigenvalue weighted by molar-refractivity contribution is 7.88. The molecule has 0 bridgehead atoms. The highest BCUT2D eigenvalue weighted by Gasteiger charge is 2.16. The molecule has 1 rings (SSSR count). The molecule has 0 heterocycles. The molecule has 0 aliphatic heterocycles. The van der Waals surface area contributed by atoms with Gasteiger partial charge in [-0.1, -0.05) is 13.0 Å². The fraction of sp³-hybridized carbons (Fsp3) is 0.533. The zero-order valence-electron chi connectivity index (χ0n) is 13.1. The van der Waals surface area contributed by atoms with E-state index < -0.39 is 10.0 Å². The second-order valence-electron chi connectivity index (χ2n) is 5.26. The summed E-state index contributed by atoms with van der Waals surface area (Å²) in [7, 11) is -3.25. The van der Waals surface area contributed by atoms with E-state index in [2.05, 4.69) is 5.32 Å². The summed E-state index contributed by atoms with van der Waals surface area (Å²) in [6.07, 6.45) is 2.05. The van der Waals surface area contributed by atoms with Crippen LogP contribution in [0.15, 0.2) is 18.2 Å². The SMILES string of the molecule is CCCN(CCC(=O)Nc1ccc(C)c(C)c1)S(C)(=O)=O. The average molecular weight is 312 g/mol. The van der Waals surface area contributed by atoms with Crippen LogP contribution in [-0.4, -0.2) is 38.0 Å². The molecule has 1 aromatic rings. The third-order valence-electron chi connectivity index (χ3n) is 3.32. The lowest BCUT2D eigenvalue weighted by molar-refractivity contribution is -0.116. The van der Waals surface area contributed by atoms with Gasteiger partial charge in [0, 0.05) is 25.2 Å². The molecule has 0 saturated heterocycles. The Morgan fingerprint density at radius 1 is 1.19 bits per heavy atom. The van der Waals surface area contributed by atoms with Gasteiger partial charge < -0.3 is 5.32 Å². The third-order valence-corrected chi connectivity index (χ3v) is 4.62. The number of hydrogen-bond donors (Lipinski definition) is 1. The predicted molar refractivity (Wildman–Crippen MR) is 85.9 cm³/mol. The van der Waals surface area contributed by atoms with Gasteiger partial charge in [0.15, 0.2) is 0 Å². The molecule has 5 nitrogen and oxygen atoms in total. The van der Waals surface area contributed by atoms with Crippen molar-refractivity contribution >= 4 is 21.6 Å². The van der Waals surface area contributed by atoms with Gasteiger partial charge in [0.1, 0.15) is 0 Å². The molecule has 0 unspecified atom stereocenters. The summed E-state index contributed by atoms with van der Waals surface area (Å²) in [4.78, 5) is 11.9. The van der Waals surface area contributed by atoms with Crippen molar-refractivity contribution in [2.24, 2.45) is 0 Å². The standard InChI is InChI=1S/C15H24N2O3S/c1-5-9-17(21(4,19)20)10-8-15(18)16-14-7-6-12(2)13(3)11-14/h6-7,11H,5,8-10H2,1-4H3,(H,16,18). The van der Waals surface area contributed by atoms with Gasteiger partial charge in [0.25, 0.3) is 0 Å². The van der Waals surface area contributed by atoms with Crippen LogP contribution in [-0.2, 0) is 14.8 Å². The molecule has 0 aromatic heterocycles. The second kappa shape index (κ2) is 7.56. The molecule has 118 valence electrons. The van der Waals surface area contributed by atoms with Crippen LogP contribution >= 0.6 is 0 Å². The quantitative estimate of drug-likeness (QED) is 0.840. The van der Waals surface area contributed by atoms with Crippen molar-refractivity contribution in [1.82, 2.24) is 4.31 Å². The number of carbonyl (C=O) groups is 1. The monoisotopic (exact) mass is 312 g/mol. The number of nitrogens with zero attached hydrogens (tertiary/aromatic N) is 1. The number of sulfonamides is 1. The second-order valence-corrected chi connectivity index (χ2v) is 7.24. The van der Waals surface area contributed by atoms with Gasteiger partial charge in [-0.15, -0.1) is 0 Å². The molecule has 0 saturated carbocycles. The summed E-state index contributed by atoms with van der Waals surface area (Å²) in [5.74, 6) is -0.178. The summed E-state index contributed by atoms with van der Waals surface area (Å²) in [5.41, 5.74) is 3.01. The van der Waals surface area contributed by atoms with E-state index in [1.807, 2.05) is 39.0 Å². The van der Waals surface area contributed by atoms with E-state index in [0.717, 1.165) is 17.7 Å². The van der Waals surface area contributed by atoms with Gasteiger partial charge in [0.05, 0.1) is 6.26 Å². The third kappa shape index (κ3) is 5.85. The van der Waals surface area contributed by atoms with Crippen LogP contribution in [0.5, 0.6) is 0 Å². The lowest BCUT2D eigenvalue weighted by atomic mass is 10.1. The van der Waals surface area contributed by atoms with E-state index in [9.17, 15) is 13.2 Å². The van der Waals surface area contributed by atoms with E-state index in [0.29, 0.717) is 6.54 Å². The summed E-state index contributed by atoms with van der Waals surface area (Å²) >= 11 is 0. The highest BCUT2D eigenvalue weighted by Crippen LogP contribution is 2.14. The number of amides is 1. The van der Waals surface area contributed by atoms with Crippen LogP contribution in [0.2, 0.25) is 0 Å². The maximum absolute atomic E-state index is 11.9. The Kier molecular flexibility index (Phi) is 6.36. The van der Waals surface area contributed by atoms with Gasteiger partial charge in [0.2, 0.25) is 15.9 Å². The minimum atomic E-state index is -3.25. The Bertz CT molecular complexity index is 597. The van der Waals surface area contributed by atoms with Gasteiger partial charge in [-0.2, -0.15) is 0 Å². The largest absolute Gasteiger partial charge is 0.326 e. The van der Waals surface area contributed by atoms with Gasteiger partial charge >= 0.3 is 0 Å². The zero-order chi connectivity index (χ0) is 16.0. The van der Waals surface area contributed by atoms with E-state index in [1.165, 1.54) is 16.1 Å². The van der Waals surface area contributed by atoms with Gasteiger partial charge in [-0.25, -0.2) is 12.7 Å². The first-order valence-electron chi connectivity index (χ1n) is 7.06. The first kappa shape index (κ1) is 17.7. The predicted octanol–water partition coefficient (Wildman–Crippen LogP) is 2.30. The minimum absolute atomic E-state index is 0.153. The number of benzene rings is 1. The molecule has 0 atom stereocenters. The first-order valence-corrected chi connectivity index (χ1v) is 8.91. The number of hydrogen-bond acceptors (Lipinski definition) is 3. The lowest BCUT2D eigenvalue weighted by Gasteiger charge is -2.18. The van der Waals surface area contributed by atoms with Gasteiger partial charge in [-0.05, 0) is 43.5 Å². The highest BCUT2D eigenvalue weighted by atomic mass is 32.2. The molecule has 1 N–H and O–H groups in total. The Hall–Kier alpha value is -1.40. The average Bonchev–Trinajstić information content (AvgIpc) is 2.37. The summed E-state index contributed by atoms with van der Waals surface area (Å²) in [6.45, 7) is 6.56. The molecule has 1 aromatic carbocycles. The summed E-state index contributed by atoms with van der Waals surface area (Å²) < 4.78 is 24.5. The van der Waals surface area contributed by atoms with Crippen molar-refractivity contribution in [2.45, 2.75) is 33.6 Å². The van der Waals surface area contributed by atoms with Crippen LogP contribution in [0.1, 0.15) is 30.9 Å². The fourth-order valence-electron chi connectivity index (χ4n) is 1.96. The van der Waals surface area contributed by atoms with Crippen molar-refractivity contribution in [3.8, 4) is 0 Å². The Balaban J connectivity index is 2.58. The molecular weight excluding hydrogens is 288 g/mol. The normalized spacial score (nSPS) is 11.7. The Morgan fingerprint density at radius 3 is 2.38 bits per heavy atom. The summed E-state index contributed by atoms with van der Waals surface area (Å²) in [5, 5.41) is 2.80. The van der Waals surface area contributed by atoms with Crippen molar-refractivity contribution in [1.29, 1.82) is 0 Å². The molecule has 6 heteroatoms. The smallest absolute Gasteiger partial charge is 0.225 e.